The third-order valence-corrected chi connectivity index (χ3v) is 3.66. The van der Waals surface area contributed by atoms with Gasteiger partial charge in [-0.3, -0.25) is 9.78 Å². The molecule has 3 rings (SSSR count). The van der Waals surface area contributed by atoms with Gasteiger partial charge >= 0.3 is 6.18 Å². The van der Waals surface area contributed by atoms with E-state index in [4.69, 9.17) is 0 Å². The number of fused-ring (bicyclic) bond motifs is 1. The Morgan fingerprint density at radius 3 is 2.55 bits per heavy atom. The van der Waals surface area contributed by atoms with Crippen molar-refractivity contribution in [2.45, 2.75) is 19.0 Å². The molecule has 22 heavy (non-hydrogen) atoms. The van der Waals surface area contributed by atoms with E-state index in [-0.39, 0.29) is 11.5 Å². The summed E-state index contributed by atoms with van der Waals surface area (Å²) in [6.45, 7) is 0.540. The second kappa shape index (κ2) is 5.44. The first-order valence-electron chi connectivity index (χ1n) is 6.90. The van der Waals surface area contributed by atoms with E-state index < -0.39 is 11.7 Å². The number of rotatable bonds is 1. The number of pyridine rings is 1. The molecule has 6 heteroatoms. The first kappa shape index (κ1) is 14.6. The van der Waals surface area contributed by atoms with Gasteiger partial charge in [-0.2, -0.15) is 13.2 Å². The maximum absolute atomic E-state index is 12.6. The molecule has 0 bridgehead atoms. The SMILES string of the molecule is O=C(c1ccc(C(F)(F)F)cc1)N1CCCc2ncccc21. The van der Waals surface area contributed by atoms with Crippen molar-refractivity contribution in [3.63, 3.8) is 0 Å². The third kappa shape index (κ3) is 2.68. The van der Waals surface area contributed by atoms with Crippen LogP contribution in [-0.2, 0) is 12.6 Å². The summed E-state index contributed by atoms with van der Waals surface area (Å²) in [6, 6.07) is 7.86. The van der Waals surface area contributed by atoms with Crippen LogP contribution in [0.5, 0.6) is 0 Å². The number of amides is 1. The van der Waals surface area contributed by atoms with Crippen molar-refractivity contribution < 1.29 is 18.0 Å². The van der Waals surface area contributed by atoms with E-state index in [1.807, 2.05) is 6.07 Å². The Morgan fingerprint density at radius 2 is 1.86 bits per heavy atom. The molecule has 1 aromatic carbocycles. The Kier molecular flexibility index (Phi) is 3.60. The summed E-state index contributed by atoms with van der Waals surface area (Å²) in [5.41, 5.74) is 1.06. The van der Waals surface area contributed by atoms with E-state index >= 15 is 0 Å². The van der Waals surface area contributed by atoms with Crippen LogP contribution in [0.2, 0.25) is 0 Å². The number of nitrogens with zero attached hydrogens (tertiary/aromatic N) is 2. The molecule has 114 valence electrons. The summed E-state index contributed by atoms with van der Waals surface area (Å²) in [5.74, 6) is -0.303. The van der Waals surface area contributed by atoms with E-state index in [0.29, 0.717) is 6.54 Å². The maximum Gasteiger partial charge on any atom is 0.416 e. The van der Waals surface area contributed by atoms with E-state index in [1.165, 1.54) is 12.1 Å². The minimum atomic E-state index is -4.40. The first-order valence-corrected chi connectivity index (χ1v) is 6.90. The van der Waals surface area contributed by atoms with Gasteiger partial charge in [0.25, 0.3) is 5.91 Å². The largest absolute Gasteiger partial charge is 0.416 e. The van der Waals surface area contributed by atoms with Crippen LogP contribution < -0.4 is 4.90 Å². The Balaban J connectivity index is 1.89. The van der Waals surface area contributed by atoms with Crippen molar-refractivity contribution in [2.75, 3.05) is 11.4 Å². The molecule has 0 aliphatic carbocycles. The number of hydrogen-bond donors (Lipinski definition) is 0. The van der Waals surface area contributed by atoms with Crippen LogP contribution in [0.15, 0.2) is 42.6 Å². The van der Waals surface area contributed by atoms with Crippen molar-refractivity contribution >= 4 is 11.6 Å². The molecule has 1 aliphatic heterocycles. The molecule has 0 unspecified atom stereocenters. The molecule has 0 radical (unpaired) electrons. The number of halogens is 3. The molecule has 0 saturated heterocycles. The van der Waals surface area contributed by atoms with Gasteiger partial charge in [-0.1, -0.05) is 0 Å². The lowest BCUT2D eigenvalue weighted by molar-refractivity contribution is -0.137. The molecule has 1 aliphatic rings. The normalized spacial score (nSPS) is 14.6. The zero-order chi connectivity index (χ0) is 15.7. The zero-order valence-electron chi connectivity index (χ0n) is 11.6. The first-order chi connectivity index (χ1) is 10.5. The fourth-order valence-corrected chi connectivity index (χ4v) is 2.56. The number of aromatic nitrogens is 1. The van der Waals surface area contributed by atoms with E-state index in [2.05, 4.69) is 4.98 Å². The molecule has 0 saturated carbocycles. The van der Waals surface area contributed by atoms with Crippen LogP contribution in [-0.4, -0.2) is 17.4 Å². The van der Waals surface area contributed by atoms with Gasteiger partial charge in [0.2, 0.25) is 0 Å². The summed E-state index contributed by atoms with van der Waals surface area (Å²) in [7, 11) is 0. The van der Waals surface area contributed by atoms with Crippen LogP contribution in [0.1, 0.15) is 28.0 Å². The van der Waals surface area contributed by atoms with Gasteiger partial charge < -0.3 is 4.90 Å². The number of aryl methyl sites for hydroxylation is 1. The molecule has 0 N–H and O–H groups in total. The summed E-state index contributed by atoms with van der Waals surface area (Å²) < 4.78 is 37.7. The number of alkyl halides is 3. The topological polar surface area (TPSA) is 33.2 Å². The van der Waals surface area contributed by atoms with Crippen molar-refractivity contribution in [3.8, 4) is 0 Å². The fourth-order valence-electron chi connectivity index (χ4n) is 2.56. The molecule has 1 amide bonds. The molecule has 3 nitrogen and oxygen atoms in total. The van der Waals surface area contributed by atoms with E-state index in [1.54, 1.807) is 17.2 Å². The summed E-state index contributed by atoms with van der Waals surface area (Å²) in [4.78, 5) is 18.4. The van der Waals surface area contributed by atoms with Gasteiger partial charge in [0, 0.05) is 18.3 Å². The van der Waals surface area contributed by atoms with Crippen molar-refractivity contribution in [1.29, 1.82) is 0 Å². The van der Waals surface area contributed by atoms with Gasteiger partial charge in [0.15, 0.2) is 0 Å². The number of anilines is 1. The lowest BCUT2D eigenvalue weighted by atomic mass is 10.0. The maximum atomic E-state index is 12.6. The van der Waals surface area contributed by atoms with Crippen molar-refractivity contribution in [3.05, 3.63) is 59.4 Å². The second-order valence-electron chi connectivity index (χ2n) is 5.10. The van der Waals surface area contributed by atoms with Crippen molar-refractivity contribution in [1.82, 2.24) is 4.98 Å². The zero-order valence-corrected chi connectivity index (χ0v) is 11.6. The Bertz CT molecular complexity index is 695. The highest BCUT2D eigenvalue weighted by Crippen LogP contribution is 2.30. The second-order valence-corrected chi connectivity index (χ2v) is 5.10. The standard InChI is InChI=1S/C16H13F3N2O/c17-16(18,19)12-7-5-11(6-8-12)15(22)21-10-2-3-13-14(21)4-1-9-20-13/h1,4-9H,2-3,10H2. The Hall–Kier alpha value is -2.37. The van der Waals surface area contributed by atoms with Gasteiger partial charge in [-0.25, -0.2) is 0 Å². The Morgan fingerprint density at radius 1 is 1.14 bits per heavy atom. The minimum Gasteiger partial charge on any atom is -0.307 e. The third-order valence-electron chi connectivity index (χ3n) is 3.66. The highest BCUT2D eigenvalue weighted by molar-refractivity contribution is 6.06. The Labute approximate surface area is 125 Å². The average Bonchev–Trinajstić information content (AvgIpc) is 2.53. The summed E-state index contributed by atoms with van der Waals surface area (Å²) in [5, 5.41) is 0. The number of carbonyl (C=O) groups is 1. The number of benzene rings is 1. The highest BCUT2D eigenvalue weighted by atomic mass is 19.4. The van der Waals surface area contributed by atoms with Gasteiger partial charge in [0.1, 0.15) is 0 Å². The van der Waals surface area contributed by atoms with E-state index in [9.17, 15) is 18.0 Å². The smallest absolute Gasteiger partial charge is 0.307 e. The molecular formula is C16H13F3N2O. The molecule has 0 fully saturated rings. The lowest BCUT2D eigenvalue weighted by Crippen LogP contribution is -2.35. The monoisotopic (exact) mass is 306 g/mol. The summed E-state index contributed by atoms with van der Waals surface area (Å²) in [6.07, 6.45) is -1.14. The van der Waals surface area contributed by atoms with Gasteiger partial charge in [-0.05, 0) is 49.2 Å². The van der Waals surface area contributed by atoms with E-state index in [0.717, 1.165) is 36.4 Å². The quantitative estimate of drug-likeness (QED) is 0.805. The average molecular weight is 306 g/mol. The van der Waals surface area contributed by atoms with Gasteiger partial charge in [-0.15, -0.1) is 0 Å². The molecular weight excluding hydrogens is 293 g/mol. The van der Waals surface area contributed by atoms with Crippen LogP contribution in [0, 0.1) is 0 Å². The van der Waals surface area contributed by atoms with Crippen LogP contribution in [0.4, 0.5) is 18.9 Å². The number of hydrogen-bond acceptors (Lipinski definition) is 2. The molecule has 1 aromatic heterocycles. The number of carbonyl (C=O) groups excluding carboxylic acids is 1. The summed E-state index contributed by atoms with van der Waals surface area (Å²) >= 11 is 0. The highest BCUT2D eigenvalue weighted by Gasteiger charge is 2.31. The molecule has 2 aromatic rings. The van der Waals surface area contributed by atoms with Crippen LogP contribution in [0.3, 0.4) is 0 Å². The fraction of sp³-hybridized carbons (Fsp3) is 0.250. The molecule has 0 atom stereocenters. The van der Waals surface area contributed by atoms with Crippen molar-refractivity contribution in [2.24, 2.45) is 0 Å². The molecule has 0 spiro atoms. The van der Waals surface area contributed by atoms with Crippen LogP contribution in [0.25, 0.3) is 0 Å². The predicted molar refractivity (Wildman–Crippen MR) is 75.7 cm³/mol. The molecule has 2 heterocycles. The predicted octanol–water partition coefficient (Wildman–Crippen LogP) is 3.69. The lowest BCUT2D eigenvalue weighted by Gasteiger charge is -2.28. The minimum absolute atomic E-state index is 0.240. The van der Waals surface area contributed by atoms with Crippen LogP contribution >= 0.6 is 0 Å². The van der Waals surface area contributed by atoms with Gasteiger partial charge in [0.05, 0.1) is 16.9 Å².